The lowest BCUT2D eigenvalue weighted by molar-refractivity contribution is -0.142. The van der Waals surface area contributed by atoms with Gasteiger partial charge in [-0.3, -0.25) is 4.79 Å². The van der Waals surface area contributed by atoms with Gasteiger partial charge in [0.15, 0.2) is 0 Å². The first-order valence-corrected chi connectivity index (χ1v) is 6.65. The summed E-state index contributed by atoms with van der Waals surface area (Å²) in [6, 6.07) is 0. The molecule has 0 radical (unpaired) electrons. The van der Waals surface area contributed by atoms with Crippen LogP contribution in [0.5, 0.6) is 0 Å². The van der Waals surface area contributed by atoms with Crippen LogP contribution in [-0.2, 0) is 22.4 Å². The number of aromatic nitrogens is 2. The zero-order valence-electron chi connectivity index (χ0n) is 10.3. The van der Waals surface area contributed by atoms with Gasteiger partial charge >= 0.3 is 5.97 Å². The van der Waals surface area contributed by atoms with Gasteiger partial charge in [0.25, 0.3) is 0 Å². The van der Waals surface area contributed by atoms with E-state index in [9.17, 15) is 4.79 Å². The lowest BCUT2D eigenvalue weighted by Crippen LogP contribution is -2.26. The molecule has 18 heavy (non-hydrogen) atoms. The number of carbonyl (C=O) groups is 1. The molecule has 1 fully saturated rings. The van der Waals surface area contributed by atoms with E-state index in [0.717, 1.165) is 31.4 Å². The molecule has 1 aliphatic carbocycles. The standard InChI is InChI=1S/C13H18N2O3/c16-13(17)9-4-5-11-10(7-9)8-14-15(11)12-3-1-2-6-18-12/h8-9,12H,1-7H2,(H,16,17). The molecular weight excluding hydrogens is 232 g/mol. The third-order valence-electron chi connectivity index (χ3n) is 3.96. The molecule has 0 aromatic carbocycles. The average molecular weight is 250 g/mol. The van der Waals surface area contributed by atoms with Gasteiger partial charge in [-0.05, 0) is 44.1 Å². The summed E-state index contributed by atoms with van der Waals surface area (Å²) in [5.41, 5.74) is 2.27. The molecular formula is C13H18N2O3. The molecule has 1 saturated heterocycles. The highest BCUT2D eigenvalue weighted by Crippen LogP contribution is 2.30. The summed E-state index contributed by atoms with van der Waals surface area (Å²) in [4.78, 5) is 11.0. The third kappa shape index (κ3) is 2.03. The van der Waals surface area contributed by atoms with E-state index in [2.05, 4.69) is 5.10 Å². The Morgan fingerprint density at radius 1 is 1.44 bits per heavy atom. The van der Waals surface area contributed by atoms with Crippen LogP contribution < -0.4 is 0 Å². The molecule has 1 aromatic heterocycles. The lowest BCUT2D eigenvalue weighted by atomic mass is 9.88. The minimum Gasteiger partial charge on any atom is -0.481 e. The smallest absolute Gasteiger partial charge is 0.306 e. The van der Waals surface area contributed by atoms with Crippen molar-refractivity contribution in [3.63, 3.8) is 0 Å². The van der Waals surface area contributed by atoms with Gasteiger partial charge in [-0.25, -0.2) is 4.68 Å². The van der Waals surface area contributed by atoms with E-state index < -0.39 is 5.97 Å². The molecule has 5 nitrogen and oxygen atoms in total. The van der Waals surface area contributed by atoms with Crippen LogP contribution in [0.15, 0.2) is 6.20 Å². The Kier molecular flexibility index (Phi) is 3.07. The molecule has 2 atom stereocenters. The van der Waals surface area contributed by atoms with Crippen LogP contribution in [0.3, 0.4) is 0 Å². The summed E-state index contributed by atoms with van der Waals surface area (Å²) in [6.07, 6.45) is 7.31. The molecule has 1 N–H and O–H groups in total. The highest BCUT2D eigenvalue weighted by Gasteiger charge is 2.29. The van der Waals surface area contributed by atoms with Crippen LogP contribution in [0.1, 0.15) is 43.2 Å². The first kappa shape index (κ1) is 11.7. The van der Waals surface area contributed by atoms with Gasteiger partial charge in [0, 0.05) is 12.3 Å². The van der Waals surface area contributed by atoms with Crippen molar-refractivity contribution in [2.75, 3.05) is 6.61 Å². The molecule has 3 rings (SSSR count). The number of hydrogen-bond acceptors (Lipinski definition) is 3. The Hall–Kier alpha value is -1.36. The second-order valence-electron chi connectivity index (χ2n) is 5.16. The van der Waals surface area contributed by atoms with E-state index >= 15 is 0 Å². The van der Waals surface area contributed by atoms with Gasteiger partial charge in [0.05, 0.1) is 12.1 Å². The average Bonchev–Trinajstić information content (AvgIpc) is 2.82. The topological polar surface area (TPSA) is 64.3 Å². The maximum atomic E-state index is 11.0. The van der Waals surface area contributed by atoms with Gasteiger partial charge in [-0.2, -0.15) is 5.10 Å². The lowest BCUT2D eigenvalue weighted by Gasteiger charge is -2.26. The number of rotatable bonds is 2. The fraction of sp³-hybridized carbons (Fsp3) is 0.692. The summed E-state index contributed by atoms with van der Waals surface area (Å²) < 4.78 is 7.73. The van der Waals surface area contributed by atoms with Gasteiger partial charge in [0.1, 0.15) is 6.23 Å². The van der Waals surface area contributed by atoms with Crippen molar-refractivity contribution in [1.29, 1.82) is 0 Å². The van der Waals surface area contributed by atoms with Crippen molar-refractivity contribution in [3.8, 4) is 0 Å². The molecule has 0 saturated carbocycles. The number of hydrogen-bond donors (Lipinski definition) is 1. The van der Waals surface area contributed by atoms with E-state index in [0.29, 0.717) is 12.8 Å². The van der Waals surface area contributed by atoms with Crippen LogP contribution >= 0.6 is 0 Å². The first-order chi connectivity index (χ1) is 8.75. The van der Waals surface area contributed by atoms with Crippen molar-refractivity contribution in [3.05, 3.63) is 17.5 Å². The fourth-order valence-electron chi connectivity index (χ4n) is 2.92. The van der Waals surface area contributed by atoms with E-state index in [4.69, 9.17) is 9.84 Å². The van der Waals surface area contributed by atoms with Crippen molar-refractivity contribution >= 4 is 5.97 Å². The van der Waals surface area contributed by atoms with Crippen LogP contribution in [-0.4, -0.2) is 27.5 Å². The monoisotopic (exact) mass is 250 g/mol. The number of nitrogens with zero attached hydrogens (tertiary/aromatic N) is 2. The zero-order chi connectivity index (χ0) is 12.5. The predicted octanol–water partition coefficient (Wildman–Crippen LogP) is 1.77. The van der Waals surface area contributed by atoms with Gasteiger partial charge < -0.3 is 9.84 Å². The Bertz CT molecular complexity index is 449. The van der Waals surface area contributed by atoms with Crippen molar-refractivity contribution in [1.82, 2.24) is 9.78 Å². The van der Waals surface area contributed by atoms with Crippen LogP contribution in [0, 0.1) is 5.92 Å². The van der Waals surface area contributed by atoms with E-state index in [1.807, 2.05) is 10.9 Å². The molecule has 0 bridgehead atoms. The van der Waals surface area contributed by atoms with Crippen LogP contribution in [0.2, 0.25) is 0 Å². The van der Waals surface area contributed by atoms with E-state index in [-0.39, 0.29) is 12.1 Å². The summed E-state index contributed by atoms with van der Waals surface area (Å²) in [5, 5.41) is 13.5. The SMILES string of the molecule is O=C(O)C1CCc2c(cnn2C2CCCCO2)C1. The predicted molar refractivity (Wildman–Crippen MR) is 64.2 cm³/mol. The Morgan fingerprint density at radius 3 is 3.06 bits per heavy atom. The van der Waals surface area contributed by atoms with Crippen LogP contribution in [0.25, 0.3) is 0 Å². The molecule has 1 aliphatic heterocycles. The second kappa shape index (κ2) is 4.72. The summed E-state index contributed by atoms with van der Waals surface area (Å²) >= 11 is 0. The Labute approximate surface area is 106 Å². The minimum atomic E-state index is -0.692. The minimum absolute atomic E-state index is 0.0591. The molecule has 98 valence electrons. The largest absolute Gasteiger partial charge is 0.481 e. The van der Waals surface area contributed by atoms with Gasteiger partial charge in [0.2, 0.25) is 0 Å². The van der Waals surface area contributed by atoms with Gasteiger partial charge in [-0.1, -0.05) is 0 Å². The number of carboxylic acids is 1. The molecule has 0 amide bonds. The highest BCUT2D eigenvalue weighted by molar-refractivity contribution is 5.70. The molecule has 2 unspecified atom stereocenters. The normalized spacial score (nSPS) is 27.8. The summed E-state index contributed by atoms with van der Waals surface area (Å²) in [7, 11) is 0. The van der Waals surface area contributed by atoms with Gasteiger partial charge in [-0.15, -0.1) is 0 Å². The first-order valence-electron chi connectivity index (χ1n) is 6.65. The Morgan fingerprint density at radius 2 is 2.33 bits per heavy atom. The molecule has 2 aliphatic rings. The van der Waals surface area contributed by atoms with Crippen LogP contribution in [0.4, 0.5) is 0 Å². The number of fused-ring (bicyclic) bond motifs is 1. The van der Waals surface area contributed by atoms with E-state index in [1.54, 1.807) is 0 Å². The summed E-state index contributed by atoms with van der Waals surface area (Å²) in [6.45, 7) is 0.803. The molecule has 2 heterocycles. The molecule has 5 heteroatoms. The van der Waals surface area contributed by atoms with E-state index in [1.165, 1.54) is 12.1 Å². The highest BCUT2D eigenvalue weighted by atomic mass is 16.5. The number of carboxylic acid groups (broad SMARTS) is 1. The van der Waals surface area contributed by atoms with Crippen molar-refractivity contribution in [2.45, 2.75) is 44.8 Å². The summed E-state index contributed by atoms with van der Waals surface area (Å²) in [5.74, 6) is -0.940. The number of aliphatic carboxylic acids is 1. The van der Waals surface area contributed by atoms with Crippen molar-refractivity contribution in [2.24, 2.45) is 5.92 Å². The second-order valence-corrected chi connectivity index (χ2v) is 5.16. The number of ether oxygens (including phenoxy) is 1. The molecule has 0 spiro atoms. The maximum absolute atomic E-state index is 11.0. The van der Waals surface area contributed by atoms with Crippen molar-refractivity contribution < 1.29 is 14.6 Å². The molecule has 1 aromatic rings. The maximum Gasteiger partial charge on any atom is 0.306 e. The fourth-order valence-corrected chi connectivity index (χ4v) is 2.92. The Balaban J connectivity index is 1.81. The zero-order valence-corrected chi connectivity index (χ0v) is 10.3. The third-order valence-corrected chi connectivity index (χ3v) is 3.96. The quantitative estimate of drug-likeness (QED) is 0.868.